The molecule has 0 saturated carbocycles. The fourth-order valence-corrected chi connectivity index (χ4v) is 1.25. The molecule has 0 aromatic carbocycles. The van der Waals surface area contributed by atoms with Gasteiger partial charge in [-0.05, 0) is 12.5 Å². The summed E-state index contributed by atoms with van der Waals surface area (Å²) in [6.07, 6.45) is -0.232. The van der Waals surface area contributed by atoms with Gasteiger partial charge < -0.3 is 26.3 Å². The normalized spacial score (nSPS) is 11.8. The van der Waals surface area contributed by atoms with Crippen LogP contribution >= 0.6 is 0 Å². The summed E-state index contributed by atoms with van der Waals surface area (Å²) in [6.45, 7) is 0. The van der Waals surface area contributed by atoms with Gasteiger partial charge in [-0.2, -0.15) is 0 Å². The number of carbonyl (C=O) groups excluding carboxylic acids is 2. The number of anilines is 1. The highest BCUT2D eigenvalue weighted by Crippen LogP contribution is 2.09. The Balaban J connectivity index is 2.63. The molecular weight excluding hydrogens is 242 g/mol. The number of rotatable bonds is 6. The van der Waals surface area contributed by atoms with Crippen molar-refractivity contribution in [1.29, 1.82) is 0 Å². The van der Waals surface area contributed by atoms with Gasteiger partial charge in [0.1, 0.15) is 6.04 Å². The van der Waals surface area contributed by atoms with Gasteiger partial charge >= 0.3 is 5.97 Å². The summed E-state index contributed by atoms with van der Waals surface area (Å²) in [4.78, 5) is 33.0. The molecular formula is C10H13N3O5. The molecule has 1 aromatic rings. The van der Waals surface area contributed by atoms with Crippen LogP contribution in [0.2, 0.25) is 0 Å². The molecule has 18 heavy (non-hydrogen) atoms. The molecule has 1 rings (SSSR count). The summed E-state index contributed by atoms with van der Waals surface area (Å²) in [5, 5.41) is 11.1. The van der Waals surface area contributed by atoms with Crippen molar-refractivity contribution in [3.8, 4) is 0 Å². The monoisotopic (exact) mass is 255 g/mol. The van der Waals surface area contributed by atoms with Crippen LogP contribution in [0.3, 0.4) is 0 Å². The molecule has 1 heterocycles. The van der Waals surface area contributed by atoms with E-state index in [0.29, 0.717) is 0 Å². The summed E-state index contributed by atoms with van der Waals surface area (Å²) in [7, 11) is 0. The van der Waals surface area contributed by atoms with Gasteiger partial charge in [-0.15, -0.1) is 0 Å². The predicted octanol–water partition coefficient (Wildman–Crippen LogP) is -0.690. The first-order chi connectivity index (χ1) is 8.40. The third-order valence-corrected chi connectivity index (χ3v) is 2.13. The van der Waals surface area contributed by atoms with Crippen LogP contribution in [-0.4, -0.2) is 28.9 Å². The van der Waals surface area contributed by atoms with Gasteiger partial charge in [-0.25, -0.2) is 4.79 Å². The highest BCUT2D eigenvalue weighted by Gasteiger charge is 2.22. The van der Waals surface area contributed by atoms with Crippen LogP contribution < -0.4 is 16.8 Å². The molecule has 8 nitrogen and oxygen atoms in total. The third-order valence-electron chi connectivity index (χ3n) is 2.13. The summed E-state index contributed by atoms with van der Waals surface area (Å²) >= 11 is 0. The standard InChI is InChI=1S/C10H13N3O5/c11-7(14)3-1-5(10(16)17)13-9(15)6-2-4-8(12)18-6/h2,4-5H,1,3,12H2,(H2,11,14)(H,13,15)(H,16,17). The number of nitrogens with one attached hydrogen (secondary N) is 1. The van der Waals surface area contributed by atoms with Crippen LogP contribution in [0.15, 0.2) is 16.5 Å². The average Bonchev–Trinajstić information content (AvgIpc) is 2.70. The van der Waals surface area contributed by atoms with Crippen LogP contribution in [0.4, 0.5) is 5.88 Å². The number of aliphatic carboxylic acids is 1. The number of nitrogens with two attached hydrogens (primary N) is 2. The maximum Gasteiger partial charge on any atom is 0.326 e. The molecule has 1 unspecified atom stereocenters. The second kappa shape index (κ2) is 5.71. The zero-order valence-corrected chi connectivity index (χ0v) is 9.38. The first-order valence-corrected chi connectivity index (χ1v) is 5.07. The highest BCUT2D eigenvalue weighted by atomic mass is 16.4. The molecule has 0 aliphatic heterocycles. The lowest BCUT2D eigenvalue weighted by Gasteiger charge is -2.12. The van der Waals surface area contributed by atoms with E-state index in [2.05, 4.69) is 5.32 Å². The maximum atomic E-state index is 11.6. The van der Waals surface area contributed by atoms with E-state index in [1.54, 1.807) is 0 Å². The van der Waals surface area contributed by atoms with Crippen molar-refractivity contribution in [3.05, 3.63) is 17.9 Å². The quantitative estimate of drug-likeness (QED) is 0.528. The lowest BCUT2D eigenvalue weighted by atomic mass is 10.1. The molecule has 0 aliphatic carbocycles. The Morgan fingerprint density at radius 3 is 2.50 bits per heavy atom. The van der Waals surface area contributed by atoms with Gasteiger partial charge in [0.2, 0.25) is 5.91 Å². The molecule has 8 heteroatoms. The lowest BCUT2D eigenvalue weighted by Crippen LogP contribution is -2.41. The van der Waals surface area contributed by atoms with E-state index in [1.165, 1.54) is 12.1 Å². The Morgan fingerprint density at radius 1 is 1.39 bits per heavy atom. The minimum Gasteiger partial charge on any atom is -0.480 e. The van der Waals surface area contributed by atoms with Crippen molar-refractivity contribution in [2.75, 3.05) is 5.73 Å². The van der Waals surface area contributed by atoms with E-state index in [-0.39, 0.29) is 24.5 Å². The molecule has 1 atom stereocenters. The van der Waals surface area contributed by atoms with E-state index in [4.69, 9.17) is 21.0 Å². The number of primary amides is 1. The molecule has 0 fully saturated rings. The molecule has 0 saturated heterocycles. The molecule has 98 valence electrons. The van der Waals surface area contributed by atoms with Crippen molar-refractivity contribution in [3.63, 3.8) is 0 Å². The van der Waals surface area contributed by atoms with Gasteiger partial charge in [0.25, 0.3) is 5.91 Å². The second-order valence-corrected chi connectivity index (χ2v) is 3.57. The second-order valence-electron chi connectivity index (χ2n) is 3.57. The molecule has 1 aromatic heterocycles. The molecule has 0 spiro atoms. The van der Waals surface area contributed by atoms with E-state index >= 15 is 0 Å². The number of carboxylic acids is 1. The van der Waals surface area contributed by atoms with Crippen LogP contribution in [0, 0.1) is 0 Å². The van der Waals surface area contributed by atoms with Crippen molar-refractivity contribution < 1.29 is 23.9 Å². The Labute approximate surface area is 102 Å². The lowest BCUT2D eigenvalue weighted by molar-refractivity contribution is -0.139. The Hall–Kier alpha value is -2.51. The number of nitrogen functional groups attached to an aromatic ring is 1. The van der Waals surface area contributed by atoms with Crippen LogP contribution in [0.25, 0.3) is 0 Å². The predicted molar refractivity (Wildman–Crippen MR) is 60.4 cm³/mol. The van der Waals surface area contributed by atoms with Crippen molar-refractivity contribution >= 4 is 23.7 Å². The highest BCUT2D eigenvalue weighted by molar-refractivity contribution is 5.94. The number of hydrogen-bond donors (Lipinski definition) is 4. The topological polar surface area (TPSA) is 149 Å². The van der Waals surface area contributed by atoms with Gasteiger partial charge in [-0.3, -0.25) is 9.59 Å². The number of amides is 2. The van der Waals surface area contributed by atoms with Crippen LogP contribution in [-0.2, 0) is 9.59 Å². The summed E-state index contributed by atoms with van der Waals surface area (Å²) in [5.41, 5.74) is 10.2. The van der Waals surface area contributed by atoms with E-state index in [1.807, 2.05) is 0 Å². The molecule has 2 amide bonds. The van der Waals surface area contributed by atoms with Crippen LogP contribution in [0.1, 0.15) is 23.4 Å². The van der Waals surface area contributed by atoms with E-state index < -0.39 is 23.8 Å². The van der Waals surface area contributed by atoms with Gasteiger partial charge in [0, 0.05) is 12.5 Å². The fourth-order valence-electron chi connectivity index (χ4n) is 1.25. The molecule has 0 bridgehead atoms. The summed E-state index contributed by atoms with van der Waals surface area (Å²) in [6, 6.07) is 1.47. The van der Waals surface area contributed by atoms with E-state index in [9.17, 15) is 14.4 Å². The largest absolute Gasteiger partial charge is 0.480 e. The zero-order valence-electron chi connectivity index (χ0n) is 9.38. The zero-order chi connectivity index (χ0) is 13.7. The van der Waals surface area contributed by atoms with Crippen LogP contribution in [0.5, 0.6) is 0 Å². The summed E-state index contributed by atoms with van der Waals surface area (Å²) < 4.78 is 4.83. The third kappa shape index (κ3) is 3.81. The average molecular weight is 255 g/mol. The Morgan fingerprint density at radius 2 is 2.06 bits per heavy atom. The first kappa shape index (κ1) is 13.6. The van der Waals surface area contributed by atoms with E-state index in [0.717, 1.165) is 0 Å². The first-order valence-electron chi connectivity index (χ1n) is 5.07. The van der Waals surface area contributed by atoms with Gasteiger partial charge in [-0.1, -0.05) is 0 Å². The number of carboxylic acid groups (broad SMARTS) is 1. The molecule has 0 aliphatic rings. The molecule has 0 radical (unpaired) electrons. The Bertz CT molecular complexity index is 468. The minimum absolute atomic E-state index is 0.0455. The van der Waals surface area contributed by atoms with Crippen molar-refractivity contribution in [2.24, 2.45) is 5.73 Å². The minimum atomic E-state index is -1.26. The van der Waals surface area contributed by atoms with Crippen molar-refractivity contribution in [2.45, 2.75) is 18.9 Å². The smallest absolute Gasteiger partial charge is 0.326 e. The SMILES string of the molecule is NC(=O)CCC(NC(=O)c1ccc(N)o1)C(=O)O. The summed E-state index contributed by atoms with van der Waals surface area (Å²) in [5.74, 6) is -2.67. The number of furan rings is 1. The van der Waals surface area contributed by atoms with Gasteiger partial charge in [0.15, 0.2) is 11.6 Å². The number of carbonyl (C=O) groups is 3. The Kier molecular flexibility index (Phi) is 4.30. The maximum absolute atomic E-state index is 11.6. The number of hydrogen-bond acceptors (Lipinski definition) is 5. The fraction of sp³-hybridized carbons (Fsp3) is 0.300. The van der Waals surface area contributed by atoms with Crippen molar-refractivity contribution in [1.82, 2.24) is 5.32 Å². The molecule has 6 N–H and O–H groups in total. The van der Waals surface area contributed by atoms with Gasteiger partial charge in [0.05, 0.1) is 0 Å².